The summed E-state index contributed by atoms with van der Waals surface area (Å²) in [5.41, 5.74) is -0.0382. The van der Waals surface area contributed by atoms with Gasteiger partial charge < -0.3 is 4.90 Å². The minimum Gasteiger partial charge on any atom is -0.308 e. The summed E-state index contributed by atoms with van der Waals surface area (Å²) in [7, 11) is 4.05. The second-order valence-electron chi connectivity index (χ2n) is 4.08. The van der Waals surface area contributed by atoms with E-state index in [4.69, 9.17) is 0 Å². The van der Waals surface area contributed by atoms with E-state index in [0.717, 1.165) is 25.8 Å². The van der Waals surface area contributed by atoms with E-state index in [9.17, 15) is 4.79 Å². The van der Waals surface area contributed by atoms with Gasteiger partial charge in [-0.3, -0.25) is 4.79 Å². The molecule has 0 saturated heterocycles. The Bertz CT molecular complexity index is 165. The van der Waals surface area contributed by atoms with Crippen molar-refractivity contribution in [3.8, 4) is 0 Å². The van der Waals surface area contributed by atoms with E-state index in [-0.39, 0.29) is 5.41 Å². The third kappa shape index (κ3) is 1.80. The number of nitrogens with zero attached hydrogens (tertiary/aromatic N) is 1. The molecule has 1 unspecified atom stereocenters. The van der Waals surface area contributed by atoms with Crippen LogP contribution >= 0.6 is 0 Å². The summed E-state index contributed by atoms with van der Waals surface area (Å²) in [4.78, 5) is 13.5. The van der Waals surface area contributed by atoms with Crippen LogP contribution in [0.1, 0.15) is 26.2 Å². The SMILES string of the molecule is CN(C)CC1(C)CCCC1=O. The van der Waals surface area contributed by atoms with Crippen molar-refractivity contribution in [2.24, 2.45) is 5.41 Å². The number of ketones is 1. The number of rotatable bonds is 2. The third-order valence-corrected chi connectivity index (χ3v) is 2.47. The second kappa shape index (κ2) is 2.94. The van der Waals surface area contributed by atoms with Crippen molar-refractivity contribution in [3.63, 3.8) is 0 Å². The number of carbonyl (C=O) groups is 1. The zero-order valence-corrected chi connectivity index (χ0v) is 7.68. The molecule has 0 N–H and O–H groups in total. The fourth-order valence-electron chi connectivity index (χ4n) is 1.95. The van der Waals surface area contributed by atoms with Crippen LogP contribution in [0.15, 0.2) is 0 Å². The normalized spacial score (nSPS) is 31.8. The number of hydrogen-bond donors (Lipinski definition) is 0. The number of Topliss-reactive ketones (excluding diaryl/α,β-unsaturated/α-hetero) is 1. The largest absolute Gasteiger partial charge is 0.308 e. The van der Waals surface area contributed by atoms with Gasteiger partial charge in [0.1, 0.15) is 5.78 Å². The molecule has 0 radical (unpaired) electrons. The van der Waals surface area contributed by atoms with Crippen LogP contribution in [0.4, 0.5) is 0 Å². The molecule has 1 rings (SSSR count). The molecule has 64 valence electrons. The molecule has 0 aromatic heterocycles. The van der Waals surface area contributed by atoms with Crippen molar-refractivity contribution in [3.05, 3.63) is 0 Å². The first kappa shape index (κ1) is 8.72. The van der Waals surface area contributed by atoms with Crippen LogP contribution in [0.5, 0.6) is 0 Å². The lowest BCUT2D eigenvalue weighted by Gasteiger charge is -2.25. The Balaban J connectivity index is 2.58. The van der Waals surface area contributed by atoms with Crippen molar-refractivity contribution in [1.29, 1.82) is 0 Å². The van der Waals surface area contributed by atoms with Gasteiger partial charge in [0, 0.05) is 18.4 Å². The standard InChI is InChI=1S/C9H17NO/c1-9(7-10(2)3)6-4-5-8(9)11/h4-7H2,1-3H3. The Labute approximate surface area is 68.6 Å². The monoisotopic (exact) mass is 155 g/mol. The van der Waals surface area contributed by atoms with E-state index < -0.39 is 0 Å². The van der Waals surface area contributed by atoms with Crippen LogP contribution in [0.2, 0.25) is 0 Å². The number of hydrogen-bond acceptors (Lipinski definition) is 2. The minimum atomic E-state index is -0.0382. The molecular formula is C9H17NO. The summed E-state index contributed by atoms with van der Waals surface area (Å²) in [6.07, 6.45) is 2.96. The first-order valence-electron chi connectivity index (χ1n) is 4.23. The zero-order valence-electron chi connectivity index (χ0n) is 7.68. The van der Waals surface area contributed by atoms with Crippen molar-refractivity contribution in [2.75, 3.05) is 20.6 Å². The lowest BCUT2D eigenvalue weighted by atomic mass is 9.87. The third-order valence-electron chi connectivity index (χ3n) is 2.47. The molecule has 1 saturated carbocycles. The lowest BCUT2D eigenvalue weighted by molar-refractivity contribution is -0.125. The molecule has 11 heavy (non-hydrogen) atoms. The highest BCUT2D eigenvalue weighted by molar-refractivity contribution is 5.86. The highest BCUT2D eigenvalue weighted by atomic mass is 16.1. The highest BCUT2D eigenvalue weighted by Gasteiger charge is 2.37. The summed E-state index contributed by atoms with van der Waals surface area (Å²) in [6.45, 7) is 2.99. The average molecular weight is 155 g/mol. The molecule has 0 aromatic carbocycles. The smallest absolute Gasteiger partial charge is 0.140 e. The predicted octanol–water partition coefficient (Wildman–Crippen LogP) is 1.31. The summed E-state index contributed by atoms with van der Waals surface area (Å²) in [5, 5.41) is 0. The summed E-state index contributed by atoms with van der Waals surface area (Å²) in [6, 6.07) is 0. The molecule has 0 aromatic rings. The predicted molar refractivity (Wildman–Crippen MR) is 45.5 cm³/mol. The van der Waals surface area contributed by atoms with Crippen molar-refractivity contribution >= 4 is 5.78 Å². The van der Waals surface area contributed by atoms with Gasteiger partial charge >= 0.3 is 0 Å². The van der Waals surface area contributed by atoms with Crippen LogP contribution < -0.4 is 0 Å². The van der Waals surface area contributed by atoms with Gasteiger partial charge in [0.25, 0.3) is 0 Å². The highest BCUT2D eigenvalue weighted by Crippen LogP contribution is 2.34. The Kier molecular flexibility index (Phi) is 2.33. The molecule has 1 aliphatic rings. The lowest BCUT2D eigenvalue weighted by Crippen LogP contribution is -2.34. The van der Waals surface area contributed by atoms with E-state index in [1.165, 1.54) is 0 Å². The minimum absolute atomic E-state index is 0.0382. The molecule has 2 nitrogen and oxygen atoms in total. The van der Waals surface area contributed by atoms with Gasteiger partial charge in [-0.1, -0.05) is 6.92 Å². The van der Waals surface area contributed by atoms with Gasteiger partial charge in [0.2, 0.25) is 0 Å². The van der Waals surface area contributed by atoms with Gasteiger partial charge in [0.15, 0.2) is 0 Å². The van der Waals surface area contributed by atoms with Crippen molar-refractivity contribution in [1.82, 2.24) is 4.90 Å². The van der Waals surface area contributed by atoms with Gasteiger partial charge in [-0.2, -0.15) is 0 Å². The molecule has 1 aliphatic carbocycles. The van der Waals surface area contributed by atoms with Crippen LogP contribution in [0, 0.1) is 5.41 Å². The Morgan fingerprint density at radius 2 is 2.18 bits per heavy atom. The second-order valence-corrected chi connectivity index (χ2v) is 4.08. The van der Waals surface area contributed by atoms with Gasteiger partial charge in [-0.05, 0) is 26.9 Å². The summed E-state index contributed by atoms with van der Waals surface area (Å²) >= 11 is 0. The molecule has 0 aliphatic heterocycles. The molecule has 0 bridgehead atoms. The van der Waals surface area contributed by atoms with Crippen LogP contribution in [-0.2, 0) is 4.79 Å². The first-order valence-corrected chi connectivity index (χ1v) is 4.23. The van der Waals surface area contributed by atoms with Gasteiger partial charge in [0.05, 0.1) is 0 Å². The van der Waals surface area contributed by atoms with Crippen LogP contribution in [0.25, 0.3) is 0 Å². The maximum absolute atomic E-state index is 11.4. The summed E-state index contributed by atoms with van der Waals surface area (Å²) < 4.78 is 0. The Morgan fingerprint density at radius 1 is 1.55 bits per heavy atom. The van der Waals surface area contributed by atoms with Gasteiger partial charge in [-0.15, -0.1) is 0 Å². The number of carbonyl (C=O) groups excluding carboxylic acids is 1. The van der Waals surface area contributed by atoms with E-state index in [2.05, 4.69) is 11.8 Å². The fourth-order valence-corrected chi connectivity index (χ4v) is 1.95. The van der Waals surface area contributed by atoms with E-state index in [1.54, 1.807) is 0 Å². The van der Waals surface area contributed by atoms with E-state index >= 15 is 0 Å². The molecule has 0 amide bonds. The van der Waals surface area contributed by atoms with Crippen LogP contribution in [0.3, 0.4) is 0 Å². The Hall–Kier alpha value is -0.370. The fraction of sp³-hybridized carbons (Fsp3) is 0.889. The summed E-state index contributed by atoms with van der Waals surface area (Å²) in [5.74, 6) is 0.450. The van der Waals surface area contributed by atoms with Gasteiger partial charge in [-0.25, -0.2) is 0 Å². The maximum Gasteiger partial charge on any atom is 0.140 e. The molecule has 2 heteroatoms. The zero-order chi connectivity index (χ0) is 8.48. The average Bonchev–Trinajstić information content (AvgIpc) is 2.11. The molecule has 1 fully saturated rings. The van der Waals surface area contributed by atoms with Crippen LogP contribution in [-0.4, -0.2) is 31.3 Å². The quantitative estimate of drug-likeness (QED) is 0.599. The van der Waals surface area contributed by atoms with E-state index in [0.29, 0.717) is 5.78 Å². The van der Waals surface area contributed by atoms with E-state index in [1.807, 2.05) is 14.1 Å². The Morgan fingerprint density at radius 3 is 2.55 bits per heavy atom. The molecular weight excluding hydrogens is 138 g/mol. The first-order chi connectivity index (χ1) is 5.04. The molecule has 0 spiro atoms. The van der Waals surface area contributed by atoms with Crippen molar-refractivity contribution in [2.45, 2.75) is 26.2 Å². The van der Waals surface area contributed by atoms with Crippen molar-refractivity contribution < 1.29 is 4.79 Å². The molecule has 0 heterocycles. The molecule has 1 atom stereocenters. The topological polar surface area (TPSA) is 20.3 Å². The maximum atomic E-state index is 11.4.